The summed E-state index contributed by atoms with van der Waals surface area (Å²) in [5, 5.41) is 11.8. The van der Waals surface area contributed by atoms with E-state index in [1.54, 1.807) is 12.1 Å². The first kappa shape index (κ1) is 13.9. The van der Waals surface area contributed by atoms with Gasteiger partial charge in [-0.3, -0.25) is 0 Å². The van der Waals surface area contributed by atoms with E-state index >= 15 is 0 Å². The number of urea groups is 1. The van der Waals surface area contributed by atoms with E-state index in [9.17, 15) is 4.79 Å². The third-order valence-corrected chi connectivity index (χ3v) is 2.45. The standard InChI is InChI=1S/C11H14Cl2N2O2/c12-5-7-15(8-6-13)11(17)14-9-1-3-10(16)4-2-9/h1-4,16H,5-8H2,(H,14,17). The Morgan fingerprint density at radius 1 is 1.18 bits per heavy atom. The van der Waals surface area contributed by atoms with Crippen molar-refractivity contribution < 1.29 is 9.90 Å². The van der Waals surface area contributed by atoms with Crippen molar-refractivity contribution in [2.75, 3.05) is 30.2 Å². The SMILES string of the molecule is O=C(Nc1ccc(O)cc1)N(CCCl)CCCl. The third-order valence-electron chi connectivity index (χ3n) is 2.11. The molecule has 1 aromatic carbocycles. The second-order valence-electron chi connectivity index (χ2n) is 3.34. The number of phenols is 1. The molecule has 0 fully saturated rings. The average molecular weight is 277 g/mol. The molecule has 0 radical (unpaired) electrons. The highest BCUT2D eigenvalue weighted by atomic mass is 35.5. The van der Waals surface area contributed by atoms with Crippen LogP contribution in [0.4, 0.5) is 10.5 Å². The summed E-state index contributed by atoms with van der Waals surface area (Å²) in [5.41, 5.74) is 0.613. The molecule has 0 aliphatic heterocycles. The fourth-order valence-corrected chi connectivity index (χ4v) is 1.67. The summed E-state index contributed by atoms with van der Waals surface area (Å²) in [6.07, 6.45) is 0. The number of carbonyl (C=O) groups is 1. The van der Waals surface area contributed by atoms with Gasteiger partial charge in [0.2, 0.25) is 0 Å². The van der Waals surface area contributed by atoms with Gasteiger partial charge in [-0.2, -0.15) is 0 Å². The quantitative estimate of drug-likeness (QED) is 0.642. The number of hydrogen-bond acceptors (Lipinski definition) is 2. The van der Waals surface area contributed by atoms with E-state index in [1.807, 2.05) is 0 Å². The van der Waals surface area contributed by atoms with Crippen molar-refractivity contribution in [2.24, 2.45) is 0 Å². The first-order valence-electron chi connectivity index (χ1n) is 5.14. The summed E-state index contributed by atoms with van der Waals surface area (Å²) in [6, 6.07) is 5.99. The number of anilines is 1. The number of carbonyl (C=O) groups excluding carboxylic acids is 1. The maximum atomic E-state index is 11.8. The molecule has 0 heterocycles. The van der Waals surface area contributed by atoms with Gasteiger partial charge in [-0.1, -0.05) is 0 Å². The molecule has 0 aromatic heterocycles. The molecule has 17 heavy (non-hydrogen) atoms. The van der Waals surface area contributed by atoms with Crippen LogP contribution in [0.15, 0.2) is 24.3 Å². The minimum atomic E-state index is -0.253. The molecule has 0 unspecified atom stereocenters. The van der Waals surface area contributed by atoms with E-state index in [2.05, 4.69) is 5.32 Å². The van der Waals surface area contributed by atoms with Gasteiger partial charge < -0.3 is 15.3 Å². The zero-order chi connectivity index (χ0) is 12.7. The molecule has 0 bridgehead atoms. The van der Waals surface area contributed by atoms with Crippen molar-refractivity contribution in [3.63, 3.8) is 0 Å². The van der Waals surface area contributed by atoms with Crippen LogP contribution in [0.2, 0.25) is 0 Å². The Morgan fingerprint density at radius 2 is 1.71 bits per heavy atom. The average Bonchev–Trinajstić information content (AvgIpc) is 2.32. The highest BCUT2D eigenvalue weighted by Crippen LogP contribution is 2.14. The number of amides is 2. The van der Waals surface area contributed by atoms with Crippen LogP contribution in [0.1, 0.15) is 0 Å². The van der Waals surface area contributed by atoms with E-state index in [0.29, 0.717) is 30.5 Å². The largest absolute Gasteiger partial charge is 0.508 e. The Kier molecular flexibility index (Phi) is 5.94. The summed E-state index contributed by atoms with van der Waals surface area (Å²) < 4.78 is 0. The second-order valence-corrected chi connectivity index (χ2v) is 4.10. The summed E-state index contributed by atoms with van der Waals surface area (Å²) in [5.74, 6) is 0.876. The van der Waals surface area contributed by atoms with Crippen LogP contribution in [-0.4, -0.2) is 40.9 Å². The molecule has 94 valence electrons. The maximum absolute atomic E-state index is 11.8. The molecular weight excluding hydrogens is 263 g/mol. The molecule has 0 aliphatic rings. The molecule has 1 aromatic rings. The van der Waals surface area contributed by atoms with Gasteiger partial charge in [0.15, 0.2) is 0 Å². The molecule has 2 amide bonds. The molecule has 0 spiro atoms. The highest BCUT2D eigenvalue weighted by Gasteiger charge is 2.11. The normalized spacial score (nSPS) is 10.0. The van der Waals surface area contributed by atoms with Crippen LogP contribution < -0.4 is 5.32 Å². The molecular formula is C11H14Cl2N2O2. The summed E-state index contributed by atoms with van der Waals surface area (Å²) in [7, 11) is 0. The lowest BCUT2D eigenvalue weighted by molar-refractivity contribution is 0.218. The van der Waals surface area contributed by atoms with Crippen molar-refractivity contribution in [1.82, 2.24) is 4.90 Å². The molecule has 0 saturated carbocycles. The number of hydrogen-bond donors (Lipinski definition) is 2. The lowest BCUT2D eigenvalue weighted by Gasteiger charge is -2.20. The van der Waals surface area contributed by atoms with Crippen LogP contribution in [0, 0.1) is 0 Å². The van der Waals surface area contributed by atoms with Crippen LogP contribution in [-0.2, 0) is 0 Å². The number of aromatic hydroxyl groups is 1. The summed E-state index contributed by atoms with van der Waals surface area (Å²) in [4.78, 5) is 13.3. The summed E-state index contributed by atoms with van der Waals surface area (Å²) >= 11 is 11.2. The smallest absolute Gasteiger partial charge is 0.321 e. The first-order chi connectivity index (χ1) is 8.17. The Balaban J connectivity index is 2.59. The maximum Gasteiger partial charge on any atom is 0.321 e. The van der Waals surface area contributed by atoms with Gasteiger partial charge in [-0.15, -0.1) is 23.2 Å². The first-order valence-corrected chi connectivity index (χ1v) is 6.21. The van der Waals surface area contributed by atoms with Crippen molar-refractivity contribution in [1.29, 1.82) is 0 Å². The lowest BCUT2D eigenvalue weighted by atomic mass is 10.3. The van der Waals surface area contributed by atoms with Gasteiger partial charge >= 0.3 is 6.03 Å². The van der Waals surface area contributed by atoms with Crippen molar-refractivity contribution in [3.05, 3.63) is 24.3 Å². The van der Waals surface area contributed by atoms with Gasteiger partial charge in [-0.25, -0.2) is 4.79 Å². The number of rotatable bonds is 5. The van der Waals surface area contributed by atoms with Gasteiger partial charge in [0.05, 0.1) is 0 Å². The molecule has 0 saturated heterocycles. The number of halogens is 2. The van der Waals surface area contributed by atoms with Crippen LogP contribution >= 0.6 is 23.2 Å². The van der Waals surface area contributed by atoms with Gasteiger partial charge in [-0.05, 0) is 24.3 Å². The van der Waals surface area contributed by atoms with Gasteiger partial charge in [0.1, 0.15) is 5.75 Å². The van der Waals surface area contributed by atoms with Gasteiger partial charge in [0, 0.05) is 30.5 Å². The van der Waals surface area contributed by atoms with E-state index in [0.717, 1.165) is 0 Å². The predicted octanol–water partition coefficient (Wildman–Crippen LogP) is 2.70. The Hall–Kier alpha value is -1.13. The van der Waals surface area contributed by atoms with Crippen molar-refractivity contribution in [3.8, 4) is 5.75 Å². The van der Waals surface area contributed by atoms with Crippen LogP contribution in [0.3, 0.4) is 0 Å². The molecule has 0 aliphatic carbocycles. The third kappa shape index (κ3) is 4.71. The topological polar surface area (TPSA) is 52.6 Å². The molecule has 1 rings (SSSR count). The van der Waals surface area contributed by atoms with E-state index in [-0.39, 0.29) is 11.8 Å². The molecule has 6 heteroatoms. The van der Waals surface area contributed by atoms with E-state index in [1.165, 1.54) is 17.0 Å². The number of benzene rings is 1. The van der Waals surface area contributed by atoms with Gasteiger partial charge in [0.25, 0.3) is 0 Å². The zero-order valence-corrected chi connectivity index (χ0v) is 10.7. The minimum absolute atomic E-state index is 0.154. The molecule has 2 N–H and O–H groups in total. The lowest BCUT2D eigenvalue weighted by Crippen LogP contribution is -2.37. The Labute approximate surface area is 110 Å². The zero-order valence-electron chi connectivity index (χ0n) is 9.20. The molecule has 0 atom stereocenters. The fourth-order valence-electron chi connectivity index (χ4n) is 1.27. The van der Waals surface area contributed by atoms with Crippen LogP contribution in [0.5, 0.6) is 5.75 Å². The predicted molar refractivity (Wildman–Crippen MR) is 70.1 cm³/mol. The number of nitrogens with one attached hydrogen (secondary N) is 1. The van der Waals surface area contributed by atoms with Crippen LogP contribution in [0.25, 0.3) is 0 Å². The van der Waals surface area contributed by atoms with Crippen molar-refractivity contribution >= 4 is 34.9 Å². The minimum Gasteiger partial charge on any atom is -0.508 e. The number of alkyl halides is 2. The monoisotopic (exact) mass is 276 g/mol. The summed E-state index contributed by atoms with van der Waals surface area (Å²) in [6.45, 7) is 0.885. The Morgan fingerprint density at radius 3 is 2.18 bits per heavy atom. The Bertz CT molecular complexity index is 351. The second kappa shape index (κ2) is 7.25. The number of nitrogens with zero attached hydrogens (tertiary/aromatic N) is 1. The fraction of sp³-hybridized carbons (Fsp3) is 0.364. The molecule has 4 nitrogen and oxygen atoms in total. The number of phenolic OH excluding ortho intramolecular Hbond substituents is 1. The van der Waals surface area contributed by atoms with Crippen molar-refractivity contribution in [2.45, 2.75) is 0 Å². The van der Waals surface area contributed by atoms with E-state index < -0.39 is 0 Å². The van der Waals surface area contributed by atoms with E-state index in [4.69, 9.17) is 28.3 Å². The highest BCUT2D eigenvalue weighted by molar-refractivity contribution is 6.18.